The number of imidazole rings is 1. The van der Waals surface area contributed by atoms with Gasteiger partial charge >= 0.3 is 0 Å². The van der Waals surface area contributed by atoms with Crippen molar-refractivity contribution < 1.29 is 0 Å². The van der Waals surface area contributed by atoms with Gasteiger partial charge in [0, 0.05) is 17.4 Å². The van der Waals surface area contributed by atoms with Gasteiger partial charge in [-0.05, 0) is 20.8 Å². The Balaban J connectivity index is 3.45. The van der Waals surface area contributed by atoms with Crippen molar-refractivity contribution in [3.05, 3.63) is 11.5 Å². The minimum absolute atomic E-state index is 0.00447. The smallest absolute Gasteiger partial charge is 0.127 e. The minimum atomic E-state index is -0.00801. The first-order valence-electron chi connectivity index (χ1n) is 5.97. The van der Waals surface area contributed by atoms with Crippen LogP contribution >= 0.6 is 0 Å². The number of nitrogen functional groups attached to an aromatic ring is 1. The Morgan fingerprint density at radius 1 is 1.12 bits per heavy atom. The van der Waals surface area contributed by atoms with Crippen LogP contribution in [0.1, 0.15) is 60.0 Å². The lowest BCUT2D eigenvalue weighted by atomic mass is 9.92. The number of hydrogen-bond acceptors (Lipinski definition) is 2. The summed E-state index contributed by atoms with van der Waals surface area (Å²) in [5.41, 5.74) is 7.26. The highest BCUT2D eigenvalue weighted by Gasteiger charge is 2.28. The van der Waals surface area contributed by atoms with Crippen LogP contribution in [-0.4, -0.2) is 9.55 Å². The molecule has 0 aliphatic rings. The summed E-state index contributed by atoms with van der Waals surface area (Å²) in [5, 5.41) is 0. The van der Waals surface area contributed by atoms with E-state index in [1.54, 1.807) is 0 Å². The highest BCUT2D eigenvalue weighted by molar-refractivity contribution is 5.43. The molecule has 0 spiro atoms. The zero-order valence-electron chi connectivity index (χ0n) is 11.7. The van der Waals surface area contributed by atoms with Crippen molar-refractivity contribution in [2.75, 3.05) is 5.73 Å². The summed E-state index contributed by atoms with van der Waals surface area (Å²) in [5.74, 6) is 1.90. The van der Waals surface area contributed by atoms with Gasteiger partial charge in [0.2, 0.25) is 0 Å². The van der Waals surface area contributed by atoms with Gasteiger partial charge in [-0.3, -0.25) is 0 Å². The average molecular weight is 223 g/mol. The first kappa shape index (κ1) is 13.1. The average Bonchev–Trinajstić information content (AvgIpc) is 2.40. The fraction of sp³-hybridized carbons (Fsp3) is 0.769. The lowest BCUT2D eigenvalue weighted by Crippen LogP contribution is -2.26. The largest absolute Gasteiger partial charge is 0.384 e. The number of nitrogens with two attached hydrogens (primary N) is 1. The van der Waals surface area contributed by atoms with E-state index in [2.05, 4.69) is 53.0 Å². The molecule has 0 atom stereocenters. The molecule has 0 radical (unpaired) electrons. The number of nitrogens with zero attached hydrogens (tertiary/aromatic N) is 2. The number of hydrogen-bond donors (Lipinski definition) is 1. The van der Waals surface area contributed by atoms with Crippen LogP contribution < -0.4 is 5.73 Å². The second-order valence-corrected chi connectivity index (χ2v) is 6.37. The Morgan fingerprint density at radius 2 is 1.62 bits per heavy atom. The molecule has 1 aromatic rings. The van der Waals surface area contributed by atoms with Crippen LogP contribution in [0.25, 0.3) is 0 Å². The van der Waals surface area contributed by atoms with E-state index < -0.39 is 0 Å². The molecule has 0 aliphatic heterocycles. The van der Waals surface area contributed by atoms with Crippen LogP contribution in [0.2, 0.25) is 0 Å². The van der Waals surface area contributed by atoms with E-state index in [1.165, 1.54) is 0 Å². The Bertz CT molecular complexity index is 375. The Hall–Kier alpha value is -0.990. The lowest BCUT2D eigenvalue weighted by Gasteiger charge is -2.25. The summed E-state index contributed by atoms with van der Waals surface area (Å²) in [6.45, 7) is 15.1. The fourth-order valence-electron chi connectivity index (χ4n) is 2.02. The molecule has 1 aromatic heterocycles. The third-order valence-electron chi connectivity index (χ3n) is 2.68. The van der Waals surface area contributed by atoms with Gasteiger partial charge in [-0.15, -0.1) is 0 Å². The van der Waals surface area contributed by atoms with Crippen LogP contribution in [-0.2, 0) is 17.4 Å². The van der Waals surface area contributed by atoms with Crippen molar-refractivity contribution in [1.82, 2.24) is 9.55 Å². The van der Waals surface area contributed by atoms with Crippen LogP contribution in [0.5, 0.6) is 0 Å². The van der Waals surface area contributed by atoms with E-state index in [-0.39, 0.29) is 11.0 Å². The molecule has 92 valence electrons. The van der Waals surface area contributed by atoms with E-state index in [4.69, 9.17) is 10.7 Å². The summed E-state index contributed by atoms with van der Waals surface area (Å²) in [6.07, 6.45) is 0.914. The first-order chi connectivity index (χ1) is 7.09. The van der Waals surface area contributed by atoms with Crippen LogP contribution in [0.3, 0.4) is 0 Å². The zero-order chi connectivity index (χ0) is 12.7. The molecule has 0 aromatic carbocycles. The third-order valence-corrected chi connectivity index (χ3v) is 2.68. The van der Waals surface area contributed by atoms with E-state index in [0.29, 0.717) is 0 Å². The number of anilines is 1. The van der Waals surface area contributed by atoms with Gasteiger partial charge in [-0.1, -0.05) is 27.7 Å². The summed E-state index contributed by atoms with van der Waals surface area (Å²) in [4.78, 5) is 4.70. The quantitative estimate of drug-likeness (QED) is 0.795. The normalized spacial score (nSPS) is 13.2. The molecule has 0 saturated carbocycles. The molecule has 2 N–H and O–H groups in total. The first-order valence-corrected chi connectivity index (χ1v) is 5.97. The van der Waals surface area contributed by atoms with E-state index >= 15 is 0 Å². The summed E-state index contributed by atoms with van der Waals surface area (Å²) in [7, 11) is 0. The van der Waals surface area contributed by atoms with Gasteiger partial charge in [0.1, 0.15) is 11.6 Å². The van der Waals surface area contributed by atoms with Crippen molar-refractivity contribution in [3.8, 4) is 0 Å². The van der Waals surface area contributed by atoms with E-state index in [0.717, 1.165) is 23.8 Å². The molecule has 1 heterocycles. The van der Waals surface area contributed by atoms with Crippen molar-refractivity contribution in [2.45, 2.75) is 65.8 Å². The van der Waals surface area contributed by atoms with Crippen LogP contribution in [0.15, 0.2) is 0 Å². The summed E-state index contributed by atoms with van der Waals surface area (Å²) in [6, 6.07) is 0. The van der Waals surface area contributed by atoms with Crippen molar-refractivity contribution in [1.29, 1.82) is 0 Å². The van der Waals surface area contributed by atoms with E-state index in [9.17, 15) is 0 Å². The van der Waals surface area contributed by atoms with Gasteiger partial charge in [-0.25, -0.2) is 4.98 Å². The Kier molecular flexibility index (Phi) is 3.10. The molecule has 0 aliphatic carbocycles. The third kappa shape index (κ3) is 2.23. The van der Waals surface area contributed by atoms with Crippen molar-refractivity contribution >= 4 is 5.82 Å². The molecule has 0 bridgehead atoms. The molecule has 1 rings (SSSR count). The standard InChI is InChI=1S/C13H25N3/c1-8-9-15-10(12(2,3)4)11(14)16(9)13(5,6)7/h8,14H2,1-7H3. The molecule has 16 heavy (non-hydrogen) atoms. The molecule has 3 heteroatoms. The molecule has 0 unspecified atom stereocenters. The van der Waals surface area contributed by atoms with Crippen LogP contribution in [0, 0.1) is 0 Å². The fourth-order valence-corrected chi connectivity index (χ4v) is 2.02. The predicted molar refractivity (Wildman–Crippen MR) is 69.7 cm³/mol. The second-order valence-electron chi connectivity index (χ2n) is 6.37. The van der Waals surface area contributed by atoms with Gasteiger partial charge < -0.3 is 10.3 Å². The highest BCUT2D eigenvalue weighted by Crippen LogP contribution is 2.32. The van der Waals surface area contributed by atoms with Gasteiger partial charge in [0.05, 0.1) is 5.69 Å². The monoisotopic (exact) mass is 223 g/mol. The minimum Gasteiger partial charge on any atom is -0.384 e. The molecule has 0 amide bonds. The van der Waals surface area contributed by atoms with Gasteiger partial charge in [0.15, 0.2) is 0 Å². The van der Waals surface area contributed by atoms with Crippen molar-refractivity contribution in [2.24, 2.45) is 0 Å². The lowest BCUT2D eigenvalue weighted by molar-refractivity contribution is 0.389. The molecule has 3 nitrogen and oxygen atoms in total. The van der Waals surface area contributed by atoms with E-state index in [1.807, 2.05) is 0 Å². The predicted octanol–water partition coefficient (Wildman–Crippen LogP) is 3.08. The Labute approximate surface area is 99.1 Å². The highest BCUT2D eigenvalue weighted by atomic mass is 15.2. The van der Waals surface area contributed by atoms with Crippen molar-refractivity contribution in [3.63, 3.8) is 0 Å². The summed E-state index contributed by atoms with van der Waals surface area (Å²) < 4.78 is 2.16. The Morgan fingerprint density at radius 3 is 1.88 bits per heavy atom. The summed E-state index contributed by atoms with van der Waals surface area (Å²) >= 11 is 0. The topological polar surface area (TPSA) is 43.8 Å². The zero-order valence-corrected chi connectivity index (χ0v) is 11.7. The number of rotatable bonds is 1. The number of aryl methyl sites for hydroxylation is 1. The molecular weight excluding hydrogens is 198 g/mol. The maximum atomic E-state index is 6.25. The van der Waals surface area contributed by atoms with Gasteiger partial charge in [0.25, 0.3) is 0 Å². The molecule has 0 fully saturated rings. The molecular formula is C13H25N3. The maximum Gasteiger partial charge on any atom is 0.127 e. The SMILES string of the molecule is CCc1nc(C(C)(C)C)c(N)n1C(C)(C)C. The number of aromatic nitrogens is 2. The second kappa shape index (κ2) is 3.79. The molecule has 0 saturated heterocycles. The van der Waals surface area contributed by atoms with Crippen LogP contribution in [0.4, 0.5) is 5.82 Å². The van der Waals surface area contributed by atoms with Gasteiger partial charge in [-0.2, -0.15) is 0 Å². The maximum absolute atomic E-state index is 6.25.